The van der Waals surface area contributed by atoms with Crippen molar-refractivity contribution in [1.29, 1.82) is 0 Å². The van der Waals surface area contributed by atoms with Crippen LogP contribution in [-0.2, 0) is 6.42 Å². The van der Waals surface area contributed by atoms with Gasteiger partial charge in [-0.05, 0) is 95.6 Å². The first-order valence-electron chi connectivity index (χ1n) is 15.8. The number of rotatable bonds is 10. The molecule has 0 saturated carbocycles. The molecule has 0 radical (unpaired) electrons. The van der Waals surface area contributed by atoms with Crippen molar-refractivity contribution >= 4 is 38.2 Å². The lowest BCUT2D eigenvalue weighted by Crippen LogP contribution is -1.99. The number of nitrogens with two attached hydrogens (primary N) is 3. The van der Waals surface area contributed by atoms with E-state index in [-0.39, 0.29) is 0 Å². The molecule has 5 nitrogen and oxygen atoms in total. The van der Waals surface area contributed by atoms with Gasteiger partial charge < -0.3 is 21.8 Å². The molecule has 0 saturated heterocycles. The Labute approximate surface area is 276 Å². The molecule has 6 aromatic rings. The first kappa shape index (κ1) is 31.1. The van der Waals surface area contributed by atoms with Crippen LogP contribution in [0.4, 0.5) is 0 Å². The highest BCUT2D eigenvalue weighted by Crippen LogP contribution is 2.41. The number of benzene rings is 4. The smallest absolute Gasteiger partial charge is 0.0716 e. The molecule has 2 heterocycles. The van der Waals surface area contributed by atoms with E-state index in [1.54, 1.807) is 0 Å². The van der Waals surface area contributed by atoms with Gasteiger partial charge in [0, 0.05) is 34.3 Å². The minimum Gasteiger partial charge on any atom is -0.405 e. The summed E-state index contributed by atoms with van der Waals surface area (Å²) >= 11 is 0. The molecular formula is C42H39N5. The van der Waals surface area contributed by atoms with Gasteiger partial charge in [-0.15, -0.1) is 0 Å². The summed E-state index contributed by atoms with van der Waals surface area (Å²) < 4.78 is 2.38. The van der Waals surface area contributed by atoms with Crippen molar-refractivity contribution in [3.63, 3.8) is 0 Å². The number of pyridine rings is 1. The molecule has 0 aliphatic rings. The van der Waals surface area contributed by atoms with Crippen LogP contribution in [0.5, 0.6) is 0 Å². The fraction of sp³-hybridized carbons (Fsp3) is 0.0714. The zero-order valence-corrected chi connectivity index (χ0v) is 26.6. The van der Waals surface area contributed by atoms with E-state index < -0.39 is 0 Å². The standard InChI is InChI=1S/C42H39N5/c1-29(13-11-25-43)37(45)20-9-6-15-31-23-24-35-40(27-31)47(32-16-4-3-5-17-32)41-28-36(33-18-7-8-19-34(33)42(35)41)39-22-10-21-38(46-39)30(2)14-12-26-44/h3-14,16-24,26-28H,1,15,25,43-45H2,2H3/b9-6-,13-11-,26-12-,30-14+,37-20-. The third kappa shape index (κ3) is 6.43. The Kier molecular flexibility index (Phi) is 9.28. The van der Waals surface area contributed by atoms with Crippen LogP contribution in [0.25, 0.3) is 55.1 Å². The molecule has 5 heteroatoms. The van der Waals surface area contributed by atoms with Crippen LogP contribution < -0.4 is 17.2 Å². The Morgan fingerprint density at radius 2 is 1.60 bits per heavy atom. The highest BCUT2D eigenvalue weighted by Gasteiger charge is 2.19. The number of hydrogen-bond donors (Lipinski definition) is 3. The maximum atomic E-state index is 6.18. The molecule has 0 atom stereocenters. The van der Waals surface area contributed by atoms with Gasteiger partial charge in [0.15, 0.2) is 0 Å². The Hall–Kier alpha value is -5.91. The lowest BCUT2D eigenvalue weighted by Gasteiger charge is -2.12. The van der Waals surface area contributed by atoms with E-state index in [0.29, 0.717) is 12.2 Å². The quantitative estimate of drug-likeness (QED) is 0.134. The highest BCUT2D eigenvalue weighted by atomic mass is 15.0. The van der Waals surface area contributed by atoms with Crippen molar-refractivity contribution in [2.45, 2.75) is 13.3 Å². The van der Waals surface area contributed by atoms with Crippen molar-refractivity contribution in [2.24, 2.45) is 17.2 Å². The second kappa shape index (κ2) is 14.0. The van der Waals surface area contributed by atoms with Gasteiger partial charge in [-0.1, -0.05) is 97.6 Å². The highest BCUT2D eigenvalue weighted by molar-refractivity contribution is 6.24. The lowest BCUT2D eigenvalue weighted by molar-refractivity contribution is 1.17. The molecule has 0 aliphatic heterocycles. The Morgan fingerprint density at radius 1 is 0.809 bits per heavy atom. The second-order valence-corrected chi connectivity index (χ2v) is 11.4. The lowest BCUT2D eigenvalue weighted by atomic mass is 9.96. The number of aromatic nitrogens is 2. The summed E-state index contributed by atoms with van der Waals surface area (Å²) in [6.45, 7) is 6.51. The Balaban J connectivity index is 1.52. The van der Waals surface area contributed by atoms with E-state index in [0.717, 1.165) is 51.2 Å². The van der Waals surface area contributed by atoms with E-state index >= 15 is 0 Å². The van der Waals surface area contributed by atoms with Gasteiger partial charge in [-0.25, -0.2) is 4.98 Å². The van der Waals surface area contributed by atoms with E-state index in [9.17, 15) is 0 Å². The fourth-order valence-corrected chi connectivity index (χ4v) is 6.00. The normalized spacial score (nSPS) is 12.9. The SMILES string of the molecule is C=C(/C=C\CN)/C(N)=C/C=C\Cc1ccc2c3c4ccccc4c(-c4cccc(/C(C)=C/C=C\N)n4)cc3n(-c3ccccc3)c2c1. The van der Waals surface area contributed by atoms with Crippen molar-refractivity contribution in [3.05, 3.63) is 175 Å². The summed E-state index contributed by atoms with van der Waals surface area (Å²) in [5, 5.41) is 4.80. The van der Waals surface area contributed by atoms with Gasteiger partial charge in [0.05, 0.1) is 22.4 Å². The number of allylic oxidation sites excluding steroid dienone is 7. The maximum absolute atomic E-state index is 6.18. The third-order valence-electron chi connectivity index (χ3n) is 8.33. The zero-order chi connectivity index (χ0) is 32.8. The van der Waals surface area contributed by atoms with Crippen molar-refractivity contribution in [2.75, 3.05) is 6.54 Å². The molecule has 0 fully saturated rings. The van der Waals surface area contributed by atoms with Crippen LogP contribution in [0, 0.1) is 0 Å². The fourth-order valence-electron chi connectivity index (χ4n) is 6.00. The molecular weight excluding hydrogens is 574 g/mol. The van der Waals surface area contributed by atoms with Crippen LogP contribution in [0.1, 0.15) is 18.2 Å². The molecule has 4 aromatic carbocycles. The number of fused-ring (bicyclic) bond motifs is 5. The summed E-state index contributed by atoms with van der Waals surface area (Å²) in [7, 11) is 0. The van der Waals surface area contributed by atoms with Gasteiger partial charge in [-0.2, -0.15) is 0 Å². The molecule has 0 unspecified atom stereocenters. The first-order chi connectivity index (χ1) is 23.0. The van der Waals surface area contributed by atoms with Gasteiger partial charge in [0.25, 0.3) is 0 Å². The van der Waals surface area contributed by atoms with Crippen LogP contribution in [0.3, 0.4) is 0 Å². The zero-order valence-electron chi connectivity index (χ0n) is 26.6. The molecule has 0 spiro atoms. The minimum atomic E-state index is 0.455. The van der Waals surface area contributed by atoms with Gasteiger partial charge >= 0.3 is 0 Å². The Morgan fingerprint density at radius 3 is 2.38 bits per heavy atom. The molecule has 2 aromatic heterocycles. The van der Waals surface area contributed by atoms with Crippen LogP contribution in [0.2, 0.25) is 0 Å². The number of para-hydroxylation sites is 1. The van der Waals surface area contributed by atoms with Gasteiger partial charge in [-0.3, -0.25) is 0 Å². The van der Waals surface area contributed by atoms with Gasteiger partial charge in [0.1, 0.15) is 0 Å². The minimum absolute atomic E-state index is 0.455. The monoisotopic (exact) mass is 613 g/mol. The molecule has 47 heavy (non-hydrogen) atoms. The molecule has 6 N–H and O–H groups in total. The average Bonchev–Trinajstić information content (AvgIpc) is 3.44. The van der Waals surface area contributed by atoms with Crippen molar-refractivity contribution in [3.8, 4) is 16.9 Å². The predicted molar refractivity (Wildman–Crippen MR) is 201 cm³/mol. The summed E-state index contributed by atoms with van der Waals surface area (Å²) in [5.41, 5.74) is 27.3. The second-order valence-electron chi connectivity index (χ2n) is 11.4. The van der Waals surface area contributed by atoms with Crippen molar-refractivity contribution in [1.82, 2.24) is 9.55 Å². The number of nitrogens with zero attached hydrogens (tertiary/aromatic N) is 2. The summed E-state index contributed by atoms with van der Waals surface area (Å²) in [6.07, 6.45) is 15.8. The molecule has 6 rings (SSSR count). The van der Waals surface area contributed by atoms with Crippen molar-refractivity contribution < 1.29 is 0 Å². The Bertz CT molecular complexity index is 2240. The average molecular weight is 614 g/mol. The van der Waals surface area contributed by atoms with E-state index in [4.69, 9.17) is 22.2 Å². The summed E-state index contributed by atoms with van der Waals surface area (Å²) in [6, 6.07) is 34.5. The van der Waals surface area contributed by atoms with E-state index in [1.165, 1.54) is 33.3 Å². The van der Waals surface area contributed by atoms with Crippen LogP contribution in [-0.4, -0.2) is 16.1 Å². The largest absolute Gasteiger partial charge is 0.405 e. The van der Waals surface area contributed by atoms with Crippen LogP contribution >= 0.6 is 0 Å². The topological polar surface area (TPSA) is 95.9 Å². The molecule has 232 valence electrons. The van der Waals surface area contributed by atoms with E-state index in [1.807, 2.05) is 42.5 Å². The van der Waals surface area contributed by atoms with E-state index in [2.05, 4.69) is 115 Å². The summed E-state index contributed by atoms with van der Waals surface area (Å²) in [4.78, 5) is 5.11. The van der Waals surface area contributed by atoms with Gasteiger partial charge in [0.2, 0.25) is 0 Å². The maximum Gasteiger partial charge on any atom is 0.0716 e. The summed E-state index contributed by atoms with van der Waals surface area (Å²) in [5.74, 6) is 0. The predicted octanol–water partition coefficient (Wildman–Crippen LogP) is 8.89. The molecule has 0 bridgehead atoms. The molecule has 0 aliphatic carbocycles. The van der Waals surface area contributed by atoms with Crippen LogP contribution in [0.15, 0.2) is 164 Å². The first-order valence-corrected chi connectivity index (χ1v) is 15.8. The molecule has 0 amide bonds. The third-order valence-corrected chi connectivity index (χ3v) is 8.33. The number of hydrogen-bond acceptors (Lipinski definition) is 4.